The lowest BCUT2D eigenvalue weighted by atomic mass is 10.1. The number of ether oxygens (including phenoxy) is 1. The number of hydrogen-bond acceptors (Lipinski definition) is 4. The van der Waals surface area contributed by atoms with Crippen LogP contribution in [0.5, 0.6) is 5.75 Å². The molecule has 3 rings (SSSR count). The highest BCUT2D eigenvalue weighted by atomic mass is 16.5. The summed E-state index contributed by atoms with van der Waals surface area (Å²) < 4.78 is 5.49. The van der Waals surface area contributed by atoms with Gasteiger partial charge in [0, 0.05) is 23.9 Å². The number of aromatic nitrogens is 2. The fourth-order valence-corrected chi connectivity index (χ4v) is 2.19. The zero-order chi connectivity index (χ0) is 12.5. The van der Waals surface area contributed by atoms with Crippen molar-refractivity contribution in [3.63, 3.8) is 0 Å². The Morgan fingerprint density at radius 3 is 2.89 bits per heavy atom. The van der Waals surface area contributed by atoms with Gasteiger partial charge in [-0.3, -0.25) is 0 Å². The van der Waals surface area contributed by atoms with Gasteiger partial charge in [0.05, 0.1) is 6.61 Å². The monoisotopic (exact) mass is 241 g/mol. The van der Waals surface area contributed by atoms with Gasteiger partial charge in [-0.05, 0) is 37.6 Å². The average molecular weight is 241 g/mol. The van der Waals surface area contributed by atoms with Crippen molar-refractivity contribution in [3.8, 4) is 5.75 Å². The van der Waals surface area contributed by atoms with Crippen molar-refractivity contribution >= 4 is 11.5 Å². The predicted molar refractivity (Wildman–Crippen MR) is 70.4 cm³/mol. The van der Waals surface area contributed by atoms with Gasteiger partial charge in [-0.15, -0.1) is 0 Å². The van der Waals surface area contributed by atoms with Gasteiger partial charge in [-0.2, -0.15) is 0 Å². The molecule has 1 aromatic carbocycles. The number of hydrogen-bond donors (Lipinski definition) is 1. The molecule has 0 bridgehead atoms. The molecule has 2 heterocycles. The molecule has 1 N–H and O–H groups in total. The molecule has 0 amide bonds. The van der Waals surface area contributed by atoms with E-state index in [0.717, 1.165) is 41.8 Å². The highest BCUT2D eigenvalue weighted by Crippen LogP contribution is 2.28. The summed E-state index contributed by atoms with van der Waals surface area (Å²) >= 11 is 0. The van der Waals surface area contributed by atoms with Crippen LogP contribution in [0.2, 0.25) is 0 Å². The van der Waals surface area contributed by atoms with Crippen LogP contribution >= 0.6 is 0 Å². The molecule has 0 aliphatic carbocycles. The Kier molecular flexibility index (Phi) is 2.63. The van der Waals surface area contributed by atoms with Crippen molar-refractivity contribution in [1.82, 2.24) is 9.97 Å². The topological polar surface area (TPSA) is 47.0 Å². The van der Waals surface area contributed by atoms with Crippen LogP contribution in [0.15, 0.2) is 24.3 Å². The fourth-order valence-electron chi connectivity index (χ4n) is 2.19. The number of anilines is 2. The van der Waals surface area contributed by atoms with E-state index < -0.39 is 0 Å². The molecule has 1 aromatic heterocycles. The molecule has 1 aliphatic rings. The molecule has 1 aliphatic heterocycles. The molecule has 92 valence electrons. The van der Waals surface area contributed by atoms with Crippen LogP contribution in [0, 0.1) is 13.8 Å². The number of fused-ring (bicyclic) bond motifs is 1. The third-order valence-electron chi connectivity index (χ3n) is 2.93. The van der Waals surface area contributed by atoms with Crippen LogP contribution in [-0.4, -0.2) is 16.6 Å². The van der Waals surface area contributed by atoms with E-state index in [1.165, 1.54) is 5.56 Å². The highest BCUT2D eigenvalue weighted by molar-refractivity contribution is 5.60. The zero-order valence-electron chi connectivity index (χ0n) is 10.5. The minimum absolute atomic E-state index is 0.780. The third kappa shape index (κ3) is 2.14. The maximum atomic E-state index is 5.49. The van der Waals surface area contributed by atoms with Crippen molar-refractivity contribution in [1.29, 1.82) is 0 Å². The van der Waals surface area contributed by atoms with E-state index in [1.807, 2.05) is 32.0 Å². The Labute approximate surface area is 106 Å². The molecule has 0 radical (unpaired) electrons. The highest BCUT2D eigenvalue weighted by Gasteiger charge is 2.12. The Bertz CT molecular complexity index is 575. The summed E-state index contributed by atoms with van der Waals surface area (Å²) in [5.41, 5.74) is 3.26. The molecular weight excluding hydrogens is 226 g/mol. The van der Waals surface area contributed by atoms with Crippen LogP contribution in [0.25, 0.3) is 0 Å². The summed E-state index contributed by atoms with van der Waals surface area (Å²) in [6.45, 7) is 4.65. The number of rotatable bonds is 2. The smallest absolute Gasteiger partial charge is 0.134 e. The molecule has 0 saturated heterocycles. The van der Waals surface area contributed by atoms with E-state index in [1.54, 1.807) is 0 Å². The van der Waals surface area contributed by atoms with Gasteiger partial charge in [0.25, 0.3) is 0 Å². The standard InChI is InChI=1S/C14H15N3O/c1-9-7-14(16-10(2)15-9)17-12-3-4-13-11(8-12)5-6-18-13/h3-4,7-8H,5-6H2,1-2H3,(H,15,16,17). The van der Waals surface area contributed by atoms with Gasteiger partial charge in [-0.25, -0.2) is 9.97 Å². The first-order valence-corrected chi connectivity index (χ1v) is 6.06. The summed E-state index contributed by atoms with van der Waals surface area (Å²) in [6, 6.07) is 8.08. The summed E-state index contributed by atoms with van der Waals surface area (Å²) in [4.78, 5) is 8.63. The van der Waals surface area contributed by atoms with Gasteiger partial charge < -0.3 is 10.1 Å². The number of aryl methyl sites for hydroxylation is 2. The van der Waals surface area contributed by atoms with Crippen molar-refractivity contribution in [2.45, 2.75) is 20.3 Å². The maximum absolute atomic E-state index is 5.49. The second-order valence-electron chi connectivity index (χ2n) is 4.49. The van der Waals surface area contributed by atoms with E-state index in [2.05, 4.69) is 21.4 Å². The minimum atomic E-state index is 0.780. The van der Waals surface area contributed by atoms with Crippen molar-refractivity contribution < 1.29 is 4.74 Å². The summed E-state index contributed by atoms with van der Waals surface area (Å²) in [6.07, 6.45) is 0.979. The third-order valence-corrected chi connectivity index (χ3v) is 2.93. The fraction of sp³-hybridized carbons (Fsp3) is 0.286. The minimum Gasteiger partial charge on any atom is -0.493 e. The van der Waals surface area contributed by atoms with Crippen LogP contribution in [-0.2, 0) is 6.42 Å². The molecule has 0 saturated carbocycles. The lowest BCUT2D eigenvalue weighted by Gasteiger charge is -2.08. The molecule has 2 aromatic rings. The first-order valence-electron chi connectivity index (χ1n) is 6.06. The SMILES string of the molecule is Cc1cc(Nc2ccc3c(c2)CCO3)nc(C)n1. The molecule has 0 spiro atoms. The maximum Gasteiger partial charge on any atom is 0.134 e. The quantitative estimate of drug-likeness (QED) is 0.878. The molecule has 0 fully saturated rings. The Morgan fingerprint density at radius 1 is 1.17 bits per heavy atom. The van der Waals surface area contributed by atoms with Crippen molar-refractivity contribution in [2.75, 3.05) is 11.9 Å². The zero-order valence-corrected chi connectivity index (χ0v) is 10.5. The Balaban J connectivity index is 1.88. The van der Waals surface area contributed by atoms with Gasteiger partial charge in [0.1, 0.15) is 17.4 Å². The van der Waals surface area contributed by atoms with Crippen molar-refractivity contribution in [2.24, 2.45) is 0 Å². The summed E-state index contributed by atoms with van der Waals surface area (Å²) in [5.74, 6) is 2.61. The number of benzene rings is 1. The normalized spacial score (nSPS) is 13.0. The average Bonchev–Trinajstić information content (AvgIpc) is 2.74. The summed E-state index contributed by atoms with van der Waals surface area (Å²) in [5, 5.41) is 3.31. The first-order chi connectivity index (χ1) is 8.70. The number of nitrogens with zero attached hydrogens (tertiary/aromatic N) is 2. The first kappa shape index (κ1) is 11.0. The van der Waals surface area contributed by atoms with E-state index in [0.29, 0.717) is 0 Å². The van der Waals surface area contributed by atoms with E-state index in [4.69, 9.17) is 4.74 Å². The van der Waals surface area contributed by atoms with Crippen LogP contribution in [0.3, 0.4) is 0 Å². The molecular formula is C14H15N3O. The van der Waals surface area contributed by atoms with Gasteiger partial charge >= 0.3 is 0 Å². The van der Waals surface area contributed by atoms with Gasteiger partial charge in [-0.1, -0.05) is 0 Å². The van der Waals surface area contributed by atoms with Crippen LogP contribution in [0.4, 0.5) is 11.5 Å². The Morgan fingerprint density at radius 2 is 2.06 bits per heavy atom. The van der Waals surface area contributed by atoms with Gasteiger partial charge in [0.15, 0.2) is 0 Å². The van der Waals surface area contributed by atoms with Crippen LogP contribution < -0.4 is 10.1 Å². The summed E-state index contributed by atoms with van der Waals surface area (Å²) in [7, 11) is 0. The second kappa shape index (κ2) is 4.29. The molecule has 0 atom stereocenters. The molecule has 18 heavy (non-hydrogen) atoms. The second-order valence-corrected chi connectivity index (χ2v) is 4.49. The lowest BCUT2D eigenvalue weighted by molar-refractivity contribution is 0.357. The van der Waals surface area contributed by atoms with E-state index >= 15 is 0 Å². The lowest BCUT2D eigenvalue weighted by Crippen LogP contribution is -1.98. The molecule has 4 heteroatoms. The predicted octanol–water partition coefficient (Wildman–Crippen LogP) is 2.77. The van der Waals surface area contributed by atoms with Crippen LogP contribution in [0.1, 0.15) is 17.1 Å². The van der Waals surface area contributed by atoms with Gasteiger partial charge in [0.2, 0.25) is 0 Å². The molecule has 0 unspecified atom stereocenters. The molecule has 4 nitrogen and oxygen atoms in total. The van der Waals surface area contributed by atoms with E-state index in [9.17, 15) is 0 Å². The largest absolute Gasteiger partial charge is 0.493 e. The van der Waals surface area contributed by atoms with E-state index in [-0.39, 0.29) is 0 Å². The number of nitrogens with one attached hydrogen (secondary N) is 1. The van der Waals surface area contributed by atoms with Crippen molar-refractivity contribution in [3.05, 3.63) is 41.3 Å². The Hall–Kier alpha value is -2.10.